The fraction of sp³-hybridized carbons (Fsp3) is 0.250. The quantitative estimate of drug-likeness (QED) is 0.682. The lowest BCUT2D eigenvalue weighted by Crippen LogP contribution is -2.33. The maximum Gasteiger partial charge on any atom is 0.330 e. The molecule has 3 aromatic rings. The molecule has 8 heteroatoms. The number of aryl methyl sites for hydroxylation is 2. The van der Waals surface area contributed by atoms with E-state index in [2.05, 4.69) is 10.3 Å². The first-order valence-corrected chi connectivity index (χ1v) is 9.57. The van der Waals surface area contributed by atoms with E-state index in [4.69, 9.17) is 9.15 Å². The van der Waals surface area contributed by atoms with Crippen molar-refractivity contribution in [2.24, 2.45) is 0 Å². The number of carbonyl (C=O) groups is 2. The molecule has 1 atom stereocenters. The molecule has 0 bridgehead atoms. The van der Waals surface area contributed by atoms with Crippen LogP contribution in [0.4, 0.5) is 0 Å². The highest BCUT2D eigenvalue weighted by Crippen LogP contribution is 2.31. The summed E-state index contributed by atoms with van der Waals surface area (Å²) in [5, 5.41) is 12.8. The lowest BCUT2D eigenvalue weighted by atomic mass is 10.0. The van der Waals surface area contributed by atoms with Crippen LogP contribution in [0.1, 0.15) is 38.3 Å². The summed E-state index contributed by atoms with van der Waals surface area (Å²) in [6.45, 7) is 4.13. The highest BCUT2D eigenvalue weighted by molar-refractivity contribution is 7.17. The van der Waals surface area contributed by atoms with E-state index in [1.54, 1.807) is 31.2 Å². The van der Waals surface area contributed by atoms with Crippen molar-refractivity contribution in [1.29, 1.82) is 0 Å². The van der Waals surface area contributed by atoms with Crippen LogP contribution in [-0.2, 0) is 11.2 Å². The van der Waals surface area contributed by atoms with Gasteiger partial charge in [0.25, 0.3) is 5.91 Å². The first-order chi connectivity index (χ1) is 13.4. The number of fused-ring (bicyclic) bond motifs is 1. The van der Waals surface area contributed by atoms with Gasteiger partial charge in [-0.05, 0) is 49.2 Å². The maximum atomic E-state index is 12.8. The van der Waals surface area contributed by atoms with Gasteiger partial charge in [-0.25, -0.2) is 9.78 Å². The molecule has 4 rings (SSSR count). The van der Waals surface area contributed by atoms with Gasteiger partial charge in [0.2, 0.25) is 0 Å². The summed E-state index contributed by atoms with van der Waals surface area (Å²) in [6.07, 6.45) is 0.726. The third-order valence-corrected chi connectivity index (χ3v) is 5.69. The second-order valence-electron chi connectivity index (χ2n) is 6.55. The van der Waals surface area contributed by atoms with E-state index in [1.807, 2.05) is 13.0 Å². The minimum atomic E-state index is -1.16. The van der Waals surface area contributed by atoms with Gasteiger partial charge < -0.3 is 19.6 Å². The number of furan rings is 1. The molecule has 0 spiro atoms. The predicted molar refractivity (Wildman–Crippen MR) is 103 cm³/mol. The Kier molecular flexibility index (Phi) is 4.64. The van der Waals surface area contributed by atoms with Crippen molar-refractivity contribution in [2.45, 2.75) is 26.3 Å². The van der Waals surface area contributed by atoms with Gasteiger partial charge in [-0.2, -0.15) is 0 Å². The summed E-state index contributed by atoms with van der Waals surface area (Å²) in [6, 6.07) is 7.65. The van der Waals surface area contributed by atoms with Gasteiger partial charge >= 0.3 is 5.97 Å². The van der Waals surface area contributed by atoms with Gasteiger partial charge in [0.1, 0.15) is 16.4 Å². The normalized spacial score (nSPS) is 13.6. The van der Waals surface area contributed by atoms with Crippen molar-refractivity contribution >= 4 is 23.2 Å². The van der Waals surface area contributed by atoms with Crippen LogP contribution >= 0.6 is 11.3 Å². The van der Waals surface area contributed by atoms with E-state index in [0.717, 1.165) is 23.5 Å². The Balaban J connectivity index is 1.59. The van der Waals surface area contributed by atoms with Crippen LogP contribution in [0.5, 0.6) is 5.75 Å². The second-order valence-corrected chi connectivity index (χ2v) is 7.55. The molecule has 1 unspecified atom stereocenters. The van der Waals surface area contributed by atoms with Crippen molar-refractivity contribution in [3.8, 4) is 16.5 Å². The van der Waals surface area contributed by atoms with Crippen molar-refractivity contribution in [1.82, 2.24) is 10.3 Å². The SMILES string of the molecule is Cc1ccc(-c2nc(C)c(C(=O)NC(C(=O)O)c3ccc4c(c3)CCO4)s2)o1. The van der Waals surface area contributed by atoms with Crippen LogP contribution in [0.2, 0.25) is 0 Å². The number of aromatic nitrogens is 1. The first-order valence-electron chi connectivity index (χ1n) is 8.76. The van der Waals surface area contributed by atoms with Gasteiger partial charge in [-0.15, -0.1) is 11.3 Å². The van der Waals surface area contributed by atoms with Crippen molar-refractivity contribution in [3.63, 3.8) is 0 Å². The number of carbonyl (C=O) groups excluding carboxylic acids is 1. The Labute approximate surface area is 165 Å². The fourth-order valence-electron chi connectivity index (χ4n) is 3.13. The number of hydrogen-bond acceptors (Lipinski definition) is 6. The largest absolute Gasteiger partial charge is 0.493 e. The lowest BCUT2D eigenvalue weighted by molar-refractivity contribution is -0.139. The molecule has 0 fully saturated rings. The minimum absolute atomic E-state index is 0.361. The number of rotatable bonds is 5. The minimum Gasteiger partial charge on any atom is -0.493 e. The monoisotopic (exact) mass is 398 g/mol. The molecule has 144 valence electrons. The molecule has 1 aliphatic heterocycles. The highest BCUT2D eigenvalue weighted by Gasteiger charge is 2.27. The van der Waals surface area contributed by atoms with E-state index in [0.29, 0.717) is 33.5 Å². The molecule has 0 saturated heterocycles. The number of aliphatic carboxylic acids is 1. The van der Waals surface area contributed by atoms with Crippen molar-refractivity contribution in [3.05, 3.63) is 57.8 Å². The number of nitrogens with one attached hydrogen (secondary N) is 1. The Morgan fingerprint density at radius 3 is 2.79 bits per heavy atom. The molecule has 28 heavy (non-hydrogen) atoms. The zero-order valence-corrected chi connectivity index (χ0v) is 16.1. The van der Waals surface area contributed by atoms with Crippen LogP contribution in [-0.4, -0.2) is 28.6 Å². The summed E-state index contributed by atoms with van der Waals surface area (Å²) in [5.74, 6) is 0.485. The topological polar surface area (TPSA) is 102 Å². The average Bonchev–Trinajstić information content (AvgIpc) is 3.37. The summed E-state index contributed by atoms with van der Waals surface area (Å²) >= 11 is 1.17. The van der Waals surface area contributed by atoms with E-state index >= 15 is 0 Å². The number of carboxylic acid groups (broad SMARTS) is 1. The number of nitrogens with zero attached hydrogens (tertiary/aromatic N) is 1. The van der Waals surface area contributed by atoms with E-state index in [1.165, 1.54) is 11.3 Å². The van der Waals surface area contributed by atoms with Crippen LogP contribution in [0, 0.1) is 13.8 Å². The Morgan fingerprint density at radius 2 is 2.07 bits per heavy atom. The number of benzene rings is 1. The lowest BCUT2D eigenvalue weighted by Gasteiger charge is -2.15. The first kappa shape index (κ1) is 18.2. The molecule has 0 radical (unpaired) electrons. The van der Waals surface area contributed by atoms with E-state index < -0.39 is 17.9 Å². The zero-order valence-electron chi connectivity index (χ0n) is 15.3. The zero-order chi connectivity index (χ0) is 19.8. The Hall–Kier alpha value is -3.13. The molecular weight excluding hydrogens is 380 g/mol. The standard InChI is InChI=1S/C20H18N2O5S/c1-10-3-5-15(27-10)19-21-11(2)17(28-19)18(23)22-16(20(24)25)13-4-6-14-12(9-13)7-8-26-14/h3-6,9,16H,7-8H2,1-2H3,(H,22,23)(H,24,25). The summed E-state index contributed by atoms with van der Waals surface area (Å²) < 4.78 is 11.0. The molecule has 3 heterocycles. The molecular formula is C20H18N2O5S. The van der Waals surface area contributed by atoms with Gasteiger partial charge in [0.15, 0.2) is 16.8 Å². The Morgan fingerprint density at radius 1 is 1.25 bits per heavy atom. The Bertz CT molecular complexity index is 1070. The summed E-state index contributed by atoms with van der Waals surface area (Å²) in [5.41, 5.74) is 1.98. The van der Waals surface area contributed by atoms with Crippen LogP contribution in [0.3, 0.4) is 0 Å². The fourth-order valence-corrected chi connectivity index (χ4v) is 4.06. The number of carboxylic acids is 1. The molecule has 1 aromatic carbocycles. The summed E-state index contributed by atoms with van der Waals surface area (Å²) in [4.78, 5) is 29.3. The molecule has 1 amide bonds. The van der Waals surface area contributed by atoms with Crippen LogP contribution < -0.4 is 10.1 Å². The van der Waals surface area contributed by atoms with E-state index in [9.17, 15) is 14.7 Å². The number of thiazole rings is 1. The molecule has 2 aromatic heterocycles. The van der Waals surface area contributed by atoms with Crippen molar-refractivity contribution in [2.75, 3.05) is 6.61 Å². The molecule has 0 saturated carbocycles. The number of ether oxygens (including phenoxy) is 1. The van der Waals surface area contributed by atoms with Gasteiger partial charge in [-0.3, -0.25) is 4.79 Å². The van der Waals surface area contributed by atoms with E-state index in [-0.39, 0.29) is 0 Å². The second kappa shape index (κ2) is 7.12. The highest BCUT2D eigenvalue weighted by atomic mass is 32.1. The maximum absolute atomic E-state index is 12.8. The average molecular weight is 398 g/mol. The smallest absolute Gasteiger partial charge is 0.330 e. The van der Waals surface area contributed by atoms with Gasteiger partial charge in [-0.1, -0.05) is 6.07 Å². The predicted octanol–water partition coefficient (Wildman–Crippen LogP) is 3.51. The van der Waals surface area contributed by atoms with Gasteiger partial charge in [0.05, 0.1) is 12.3 Å². The number of amides is 1. The molecule has 2 N–H and O–H groups in total. The molecule has 1 aliphatic rings. The van der Waals surface area contributed by atoms with Crippen molar-refractivity contribution < 1.29 is 23.8 Å². The van der Waals surface area contributed by atoms with Gasteiger partial charge in [0, 0.05) is 6.42 Å². The third kappa shape index (κ3) is 3.38. The van der Waals surface area contributed by atoms with Crippen LogP contribution in [0.25, 0.3) is 10.8 Å². The summed E-state index contributed by atoms with van der Waals surface area (Å²) in [7, 11) is 0. The molecule has 0 aliphatic carbocycles. The molecule has 7 nitrogen and oxygen atoms in total. The number of hydrogen-bond donors (Lipinski definition) is 2. The van der Waals surface area contributed by atoms with Crippen LogP contribution in [0.15, 0.2) is 34.7 Å². The third-order valence-electron chi connectivity index (χ3n) is 4.52.